The number of hydrogen-bond donors (Lipinski definition) is 2. The third kappa shape index (κ3) is 4.60. The summed E-state index contributed by atoms with van der Waals surface area (Å²) in [5, 5.41) is 11.3. The molecule has 2 amide bonds. The van der Waals surface area contributed by atoms with Crippen LogP contribution in [0, 0.1) is 0 Å². The van der Waals surface area contributed by atoms with Gasteiger partial charge >= 0.3 is 5.97 Å². The molecule has 2 aromatic rings. The zero-order chi connectivity index (χ0) is 19.4. The van der Waals surface area contributed by atoms with Crippen molar-refractivity contribution in [3.8, 4) is 0 Å². The van der Waals surface area contributed by atoms with Gasteiger partial charge in [0.1, 0.15) is 11.5 Å². The van der Waals surface area contributed by atoms with E-state index in [0.717, 1.165) is 17.3 Å². The molecule has 0 bridgehead atoms. The lowest BCUT2D eigenvalue weighted by Crippen LogP contribution is -2.35. The van der Waals surface area contributed by atoms with Gasteiger partial charge in [0.2, 0.25) is 5.91 Å². The molecule has 0 aliphatic carbocycles. The van der Waals surface area contributed by atoms with Gasteiger partial charge in [-0.25, -0.2) is 4.79 Å². The number of thioether (sulfide) groups is 1. The number of carboxylic acids is 1. The highest BCUT2D eigenvalue weighted by atomic mass is 32.2. The number of carboxylic acid groups (broad SMARTS) is 1. The van der Waals surface area contributed by atoms with Gasteiger partial charge in [0, 0.05) is 5.69 Å². The lowest BCUT2D eigenvalue weighted by atomic mass is 10.2. The minimum atomic E-state index is -1.09. The number of hydrogen-bond acceptors (Lipinski definition) is 5. The van der Waals surface area contributed by atoms with Crippen molar-refractivity contribution in [2.24, 2.45) is 0 Å². The smallest absolute Gasteiger partial charge is 0.335 e. The third-order valence-electron chi connectivity index (χ3n) is 3.67. The van der Waals surface area contributed by atoms with Crippen LogP contribution in [0.25, 0.3) is 6.08 Å². The van der Waals surface area contributed by atoms with Crippen LogP contribution in [0.2, 0.25) is 0 Å². The van der Waals surface area contributed by atoms with Crippen LogP contribution in [0.3, 0.4) is 0 Å². The fourth-order valence-electron chi connectivity index (χ4n) is 2.41. The first-order valence-electron chi connectivity index (χ1n) is 7.87. The average Bonchev–Trinajstić information content (AvgIpc) is 2.90. The summed E-state index contributed by atoms with van der Waals surface area (Å²) < 4.78 is 0. The van der Waals surface area contributed by atoms with Crippen LogP contribution in [0.15, 0.2) is 59.5 Å². The standard InChI is InChI=1S/C19H14N2O4S2/c22-16(20-14-8-4-7-13(10-14)18(23)24)11-21-17(26)15(27-19(21)25)9-12-5-2-1-3-6-12/h1-10H,11H2,(H,20,22)(H,23,24)/b15-9-. The molecule has 2 aromatic carbocycles. The molecular weight excluding hydrogens is 384 g/mol. The molecule has 0 radical (unpaired) electrons. The number of nitrogens with zero attached hydrogens (tertiary/aromatic N) is 1. The SMILES string of the molecule is O=C(CN1C(=O)S/C(=C\c2ccccc2)C1=S)Nc1cccc(C(=O)O)c1. The van der Waals surface area contributed by atoms with Crippen LogP contribution in [0.5, 0.6) is 0 Å². The van der Waals surface area contributed by atoms with Crippen molar-refractivity contribution in [2.75, 3.05) is 11.9 Å². The summed E-state index contributed by atoms with van der Waals surface area (Å²) in [6.45, 7) is -0.242. The topological polar surface area (TPSA) is 86.7 Å². The van der Waals surface area contributed by atoms with E-state index < -0.39 is 11.9 Å². The second kappa shape index (κ2) is 8.15. The van der Waals surface area contributed by atoms with Gasteiger partial charge in [-0.2, -0.15) is 0 Å². The fourth-order valence-corrected chi connectivity index (χ4v) is 3.65. The summed E-state index contributed by atoms with van der Waals surface area (Å²) in [5.41, 5.74) is 1.31. The van der Waals surface area contributed by atoms with E-state index in [1.165, 1.54) is 23.1 Å². The van der Waals surface area contributed by atoms with E-state index in [4.69, 9.17) is 17.3 Å². The lowest BCUT2D eigenvalue weighted by Gasteiger charge is -2.14. The van der Waals surface area contributed by atoms with E-state index in [-0.39, 0.29) is 17.3 Å². The second-order valence-electron chi connectivity index (χ2n) is 5.61. The Hall–Kier alpha value is -2.97. The molecule has 2 N–H and O–H groups in total. The number of nitrogens with one attached hydrogen (secondary N) is 1. The van der Waals surface area contributed by atoms with Gasteiger partial charge in [-0.1, -0.05) is 48.6 Å². The van der Waals surface area contributed by atoms with E-state index in [9.17, 15) is 14.4 Å². The number of benzene rings is 2. The van der Waals surface area contributed by atoms with Gasteiger partial charge < -0.3 is 10.4 Å². The van der Waals surface area contributed by atoms with Gasteiger partial charge in [0.25, 0.3) is 5.24 Å². The summed E-state index contributed by atoms with van der Waals surface area (Å²) in [5.74, 6) is -1.55. The first kappa shape index (κ1) is 18.8. The summed E-state index contributed by atoms with van der Waals surface area (Å²) in [6, 6.07) is 15.3. The minimum absolute atomic E-state index is 0.0594. The van der Waals surface area contributed by atoms with E-state index in [2.05, 4.69) is 5.32 Å². The Morgan fingerprint density at radius 1 is 1.15 bits per heavy atom. The number of amides is 2. The Morgan fingerprint density at radius 2 is 1.89 bits per heavy atom. The predicted octanol–water partition coefficient (Wildman–Crippen LogP) is 3.86. The Labute approximate surface area is 164 Å². The lowest BCUT2D eigenvalue weighted by molar-refractivity contribution is -0.116. The fraction of sp³-hybridized carbons (Fsp3) is 0.0526. The van der Waals surface area contributed by atoms with Crippen LogP contribution in [-0.4, -0.2) is 38.7 Å². The molecular formula is C19H14N2O4S2. The maximum absolute atomic E-state index is 12.3. The largest absolute Gasteiger partial charge is 0.478 e. The number of anilines is 1. The Bertz CT molecular complexity index is 957. The molecule has 8 heteroatoms. The maximum atomic E-state index is 12.3. The van der Waals surface area contributed by atoms with Crippen molar-refractivity contribution in [1.29, 1.82) is 0 Å². The maximum Gasteiger partial charge on any atom is 0.335 e. The van der Waals surface area contributed by atoms with Crippen LogP contribution >= 0.6 is 24.0 Å². The Kier molecular flexibility index (Phi) is 5.68. The predicted molar refractivity (Wildman–Crippen MR) is 109 cm³/mol. The summed E-state index contributed by atoms with van der Waals surface area (Å²) in [7, 11) is 0. The van der Waals surface area contributed by atoms with Crippen LogP contribution in [0.1, 0.15) is 15.9 Å². The van der Waals surface area contributed by atoms with Gasteiger partial charge in [-0.3, -0.25) is 14.5 Å². The Balaban J connectivity index is 1.68. The molecule has 27 heavy (non-hydrogen) atoms. The molecule has 3 rings (SSSR count). The number of carbonyl (C=O) groups excluding carboxylic acids is 2. The van der Waals surface area contributed by atoms with E-state index in [1.807, 2.05) is 30.3 Å². The first-order valence-corrected chi connectivity index (χ1v) is 9.10. The van der Waals surface area contributed by atoms with Gasteiger partial charge in [-0.15, -0.1) is 0 Å². The zero-order valence-corrected chi connectivity index (χ0v) is 15.5. The highest BCUT2D eigenvalue weighted by Crippen LogP contribution is 2.33. The number of thiocarbonyl (C=S) groups is 1. The second-order valence-corrected chi connectivity index (χ2v) is 6.99. The zero-order valence-electron chi connectivity index (χ0n) is 13.9. The van der Waals surface area contributed by atoms with Gasteiger partial charge in [0.15, 0.2) is 0 Å². The van der Waals surface area contributed by atoms with E-state index in [1.54, 1.807) is 12.1 Å². The highest BCUT2D eigenvalue weighted by Gasteiger charge is 2.33. The third-order valence-corrected chi connectivity index (χ3v) is 5.16. The monoisotopic (exact) mass is 398 g/mol. The summed E-state index contributed by atoms with van der Waals surface area (Å²) in [6.07, 6.45) is 1.80. The Morgan fingerprint density at radius 3 is 2.59 bits per heavy atom. The van der Waals surface area contributed by atoms with Crippen LogP contribution in [0.4, 0.5) is 10.5 Å². The van der Waals surface area contributed by atoms with Crippen LogP contribution in [-0.2, 0) is 4.79 Å². The van der Waals surface area contributed by atoms with Gasteiger partial charge in [0.05, 0.1) is 10.5 Å². The minimum Gasteiger partial charge on any atom is -0.478 e. The molecule has 1 saturated heterocycles. The molecule has 0 spiro atoms. The first-order chi connectivity index (χ1) is 12.9. The number of aromatic carboxylic acids is 1. The van der Waals surface area contributed by atoms with E-state index in [0.29, 0.717) is 15.6 Å². The van der Waals surface area contributed by atoms with Crippen molar-refractivity contribution in [3.63, 3.8) is 0 Å². The number of carbonyl (C=O) groups is 3. The van der Waals surface area contributed by atoms with E-state index >= 15 is 0 Å². The molecule has 0 unspecified atom stereocenters. The molecule has 0 atom stereocenters. The number of rotatable bonds is 5. The molecule has 136 valence electrons. The molecule has 1 heterocycles. The normalized spacial score (nSPS) is 15.3. The molecule has 0 saturated carbocycles. The van der Waals surface area contributed by atoms with Crippen molar-refractivity contribution in [2.45, 2.75) is 0 Å². The molecule has 0 aromatic heterocycles. The summed E-state index contributed by atoms with van der Waals surface area (Å²) >= 11 is 6.31. The highest BCUT2D eigenvalue weighted by molar-refractivity contribution is 8.19. The van der Waals surface area contributed by atoms with Gasteiger partial charge in [-0.05, 0) is 41.6 Å². The molecule has 1 aliphatic rings. The molecule has 1 fully saturated rings. The average molecular weight is 398 g/mol. The van der Waals surface area contributed by atoms with Crippen molar-refractivity contribution >= 4 is 57.8 Å². The van der Waals surface area contributed by atoms with Crippen molar-refractivity contribution in [1.82, 2.24) is 4.90 Å². The summed E-state index contributed by atoms with van der Waals surface area (Å²) in [4.78, 5) is 37.6. The van der Waals surface area contributed by atoms with Crippen molar-refractivity contribution < 1.29 is 19.5 Å². The van der Waals surface area contributed by atoms with Crippen molar-refractivity contribution in [3.05, 3.63) is 70.6 Å². The quantitative estimate of drug-likeness (QED) is 0.587. The van der Waals surface area contributed by atoms with Crippen LogP contribution < -0.4 is 5.32 Å². The molecule has 6 nitrogen and oxygen atoms in total. The molecule has 1 aliphatic heterocycles.